The van der Waals surface area contributed by atoms with E-state index in [1.165, 1.54) is 12.1 Å². The number of halogens is 1. The van der Waals surface area contributed by atoms with E-state index >= 15 is 0 Å². The van der Waals surface area contributed by atoms with Gasteiger partial charge >= 0.3 is 0 Å². The number of anilines is 1. The van der Waals surface area contributed by atoms with Crippen LogP contribution in [0.2, 0.25) is 0 Å². The highest BCUT2D eigenvalue weighted by atomic mass is 19.1. The molecule has 2 aromatic carbocycles. The lowest BCUT2D eigenvalue weighted by Crippen LogP contribution is -2.48. The van der Waals surface area contributed by atoms with Crippen LogP contribution in [0.5, 0.6) is 0 Å². The van der Waals surface area contributed by atoms with Crippen LogP contribution in [0.25, 0.3) is 23.0 Å². The quantitative estimate of drug-likeness (QED) is 0.420. The first-order valence-electron chi connectivity index (χ1n) is 11.2. The first-order valence-corrected chi connectivity index (χ1v) is 11.2. The van der Waals surface area contributed by atoms with Crippen LogP contribution in [-0.4, -0.2) is 51.8 Å². The number of piperazine rings is 1. The van der Waals surface area contributed by atoms with E-state index in [9.17, 15) is 9.18 Å². The van der Waals surface area contributed by atoms with Gasteiger partial charge in [-0.2, -0.15) is 5.10 Å². The highest BCUT2D eigenvalue weighted by molar-refractivity contribution is 5.93. The van der Waals surface area contributed by atoms with Crippen LogP contribution in [0.15, 0.2) is 91.3 Å². The molecule has 0 saturated carbocycles. The number of amides is 1. The van der Waals surface area contributed by atoms with Crippen molar-refractivity contribution < 1.29 is 9.18 Å². The monoisotopic (exact) mass is 453 g/mol. The van der Waals surface area contributed by atoms with Crippen molar-refractivity contribution in [2.75, 3.05) is 31.1 Å². The summed E-state index contributed by atoms with van der Waals surface area (Å²) in [5.74, 6) is 0.587. The number of carbonyl (C=O) groups excluding carboxylic acids is 1. The molecule has 0 bridgehead atoms. The number of pyridine rings is 1. The normalized spacial score (nSPS) is 14.0. The van der Waals surface area contributed by atoms with Gasteiger partial charge in [-0.05, 0) is 54.6 Å². The summed E-state index contributed by atoms with van der Waals surface area (Å²) in [6.45, 7) is 2.74. The number of aromatic nitrogens is 3. The molecule has 3 heterocycles. The summed E-state index contributed by atoms with van der Waals surface area (Å²) in [7, 11) is 0. The Hall–Kier alpha value is -4.26. The second-order valence-corrected chi connectivity index (χ2v) is 8.05. The Labute approximate surface area is 197 Å². The Morgan fingerprint density at radius 3 is 2.32 bits per heavy atom. The number of carbonyl (C=O) groups is 1. The van der Waals surface area contributed by atoms with Crippen LogP contribution < -0.4 is 4.90 Å². The summed E-state index contributed by atoms with van der Waals surface area (Å²) in [5, 5.41) is 4.72. The maximum absolute atomic E-state index is 13.5. The lowest BCUT2D eigenvalue weighted by Gasteiger charge is -2.34. The number of benzene rings is 2. The highest BCUT2D eigenvalue weighted by Gasteiger charge is 2.20. The molecule has 1 aliphatic rings. The first-order chi connectivity index (χ1) is 16.7. The zero-order valence-corrected chi connectivity index (χ0v) is 18.6. The standard InChI is InChI=1S/C27H24FN5O/c28-23-12-9-21(10-13-23)27-22(20-33(30-27)24-6-2-1-3-7-24)11-14-26(34)32-18-16-31(17-19-32)25-8-4-5-15-29-25/h1-15,20H,16-19H2/b14-11+. The zero-order chi connectivity index (χ0) is 23.3. The molecule has 0 aliphatic carbocycles. The number of para-hydroxylation sites is 1. The van der Waals surface area contributed by atoms with Gasteiger partial charge in [0.1, 0.15) is 11.6 Å². The number of hydrogen-bond acceptors (Lipinski definition) is 4. The van der Waals surface area contributed by atoms with Crippen molar-refractivity contribution in [2.45, 2.75) is 0 Å². The van der Waals surface area contributed by atoms with E-state index in [2.05, 4.69) is 9.88 Å². The maximum atomic E-state index is 13.5. The van der Waals surface area contributed by atoms with Crippen molar-refractivity contribution in [1.82, 2.24) is 19.7 Å². The molecule has 0 spiro atoms. The molecular weight excluding hydrogens is 429 g/mol. The molecular formula is C27H24FN5O. The molecule has 4 aromatic rings. The van der Waals surface area contributed by atoms with Gasteiger partial charge in [0.15, 0.2) is 0 Å². The van der Waals surface area contributed by atoms with E-state index in [0.29, 0.717) is 18.8 Å². The predicted octanol–water partition coefficient (Wildman–Crippen LogP) is 4.44. The Kier molecular flexibility index (Phi) is 6.16. The Bertz CT molecular complexity index is 1280. The van der Waals surface area contributed by atoms with Crippen LogP contribution in [0, 0.1) is 5.82 Å². The molecule has 1 amide bonds. The van der Waals surface area contributed by atoms with Gasteiger partial charge in [-0.25, -0.2) is 14.1 Å². The molecule has 1 aliphatic heterocycles. The van der Waals surface area contributed by atoms with Gasteiger partial charge in [-0.1, -0.05) is 24.3 Å². The van der Waals surface area contributed by atoms with Gasteiger partial charge in [0.05, 0.1) is 11.4 Å². The molecule has 2 aromatic heterocycles. The topological polar surface area (TPSA) is 54.3 Å². The molecule has 5 rings (SSSR count). The summed E-state index contributed by atoms with van der Waals surface area (Å²) in [5.41, 5.74) is 3.17. The lowest BCUT2D eigenvalue weighted by atomic mass is 10.1. The summed E-state index contributed by atoms with van der Waals surface area (Å²) in [6, 6.07) is 21.8. The summed E-state index contributed by atoms with van der Waals surface area (Å²) in [4.78, 5) is 21.3. The van der Waals surface area contributed by atoms with Crippen molar-refractivity contribution in [3.8, 4) is 16.9 Å². The first kappa shape index (κ1) is 21.6. The van der Waals surface area contributed by atoms with Crippen molar-refractivity contribution >= 4 is 17.8 Å². The fourth-order valence-corrected chi connectivity index (χ4v) is 4.02. The van der Waals surface area contributed by atoms with E-state index in [4.69, 9.17) is 5.10 Å². The Morgan fingerprint density at radius 1 is 0.882 bits per heavy atom. The van der Waals surface area contributed by atoms with Crippen molar-refractivity contribution in [2.24, 2.45) is 0 Å². The minimum atomic E-state index is -0.302. The van der Waals surface area contributed by atoms with E-state index in [0.717, 1.165) is 35.7 Å². The largest absolute Gasteiger partial charge is 0.353 e. The van der Waals surface area contributed by atoms with Crippen molar-refractivity contribution in [1.29, 1.82) is 0 Å². The third-order valence-electron chi connectivity index (χ3n) is 5.85. The molecule has 1 saturated heterocycles. The fourth-order valence-electron chi connectivity index (χ4n) is 4.02. The van der Waals surface area contributed by atoms with E-state index < -0.39 is 0 Å². The molecule has 0 radical (unpaired) electrons. The van der Waals surface area contributed by atoms with Gasteiger partial charge in [0.25, 0.3) is 0 Å². The molecule has 0 atom stereocenters. The highest BCUT2D eigenvalue weighted by Crippen LogP contribution is 2.25. The molecule has 0 unspecified atom stereocenters. The van der Waals surface area contributed by atoms with Crippen LogP contribution in [0.4, 0.5) is 10.2 Å². The summed E-state index contributed by atoms with van der Waals surface area (Å²) < 4.78 is 15.2. The van der Waals surface area contributed by atoms with Crippen molar-refractivity contribution in [3.05, 3.63) is 103 Å². The predicted molar refractivity (Wildman–Crippen MR) is 131 cm³/mol. The Morgan fingerprint density at radius 2 is 1.62 bits per heavy atom. The zero-order valence-electron chi connectivity index (χ0n) is 18.6. The summed E-state index contributed by atoms with van der Waals surface area (Å²) >= 11 is 0. The second-order valence-electron chi connectivity index (χ2n) is 8.05. The third kappa shape index (κ3) is 4.73. The van der Waals surface area contributed by atoms with Crippen LogP contribution in [0.1, 0.15) is 5.56 Å². The number of hydrogen-bond donors (Lipinski definition) is 0. The molecule has 1 fully saturated rings. The third-order valence-corrected chi connectivity index (χ3v) is 5.85. The smallest absolute Gasteiger partial charge is 0.246 e. The van der Waals surface area contributed by atoms with Gasteiger partial charge in [-0.3, -0.25) is 4.79 Å². The minimum absolute atomic E-state index is 0.0433. The SMILES string of the molecule is O=C(/C=C/c1cn(-c2ccccc2)nc1-c1ccc(F)cc1)N1CCN(c2ccccn2)CC1. The van der Waals surface area contributed by atoms with Gasteiger partial charge in [0.2, 0.25) is 5.91 Å². The van der Waals surface area contributed by atoms with Crippen molar-refractivity contribution in [3.63, 3.8) is 0 Å². The Balaban J connectivity index is 1.34. The van der Waals surface area contributed by atoms with Gasteiger partial charge in [-0.15, -0.1) is 0 Å². The van der Waals surface area contributed by atoms with Crippen LogP contribution in [0.3, 0.4) is 0 Å². The van der Waals surface area contributed by atoms with E-state index in [1.54, 1.807) is 35.2 Å². The second kappa shape index (κ2) is 9.70. The minimum Gasteiger partial charge on any atom is -0.353 e. The van der Waals surface area contributed by atoms with Gasteiger partial charge in [0, 0.05) is 55.8 Å². The van der Waals surface area contributed by atoms with E-state index in [-0.39, 0.29) is 11.7 Å². The molecule has 6 nitrogen and oxygen atoms in total. The fraction of sp³-hybridized carbons (Fsp3) is 0.148. The lowest BCUT2D eigenvalue weighted by molar-refractivity contribution is -0.126. The van der Waals surface area contributed by atoms with Crippen LogP contribution in [-0.2, 0) is 4.79 Å². The molecule has 0 N–H and O–H groups in total. The van der Waals surface area contributed by atoms with E-state index in [1.807, 2.05) is 59.6 Å². The number of nitrogens with zero attached hydrogens (tertiary/aromatic N) is 5. The average Bonchev–Trinajstić information content (AvgIpc) is 3.33. The summed E-state index contributed by atoms with van der Waals surface area (Å²) in [6.07, 6.45) is 7.05. The molecule has 34 heavy (non-hydrogen) atoms. The van der Waals surface area contributed by atoms with Crippen LogP contribution >= 0.6 is 0 Å². The van der Waals surface area contributed by atoms with Gasteiger partial charge < -0.3 is 9.80 Å². The molecule has 170 valence electrons. The molecule has 7 heteroatoms. The average molecular weight is 454 g/mol. The maximum Gasteiger partial charge on any atom is 0.246 e. The number of rotatable bonds is 5.